The second-order valence-corrected chi connectivity index (χ2v) is 6.04. The molecular weight excluding hydrogens is 368 g/mol. The molecule has 1 amide bonds. The van der Waals surface area contributed by atoms with Crippen molar-refractivity contribution in [1.29, 1.82) is 0 Å². The first-order valence-corrected chi connectivity index (χ1v) is 7.74. The van der Waals surface area contributed by atoms with Gasteiger partial charge in [0.15, 0.2) is 0 Å². The second kappa shape index (κ2) is 6.06. The van der Waals surface area contributed by atoms with Crippen LogP contribution in [-0.4, -0.2) is 20.7 Å². The van der Waals surface area contributed by atoms with Crippen LogP contribution in [0.15, 0.2) is 41.1 Å². The Morgan fingerprint density at radius 2 is 2.23 bits per heavy atom. The minimum atomic E-state index is -0.183. The number of halogens is 2. The van der Waals surface area contributed by atoms with Crippen LogP contribution < -0.4 is 5.32 Å². The van der Waals surface area contributed by atoms with E-state index < -0.39 is 0 Å². The van der Waals surface area contributed by atoms with Gasteiger partial charge in [0.05, 0.1) is 28.1 Å². The van der Waals surface area contributed by atoms with E-state index in [1.165, 1.54) is 6.20 Å². The minimum Gasteiger partial charge on any atom is -0.323 e. The van der Waals surface area contributed by atoms with Gasteiger partial charge in [0, 0.05) is 16.1 Å². The molecular formula is C15H12BrClN4O. The highest BCUT2D eigenvalue weighted by Gasteiger charge is 2.11. The lowest BCUT2D eigenvalue weighted by Crippen LogP contribution is -2.20. The van der Waals surface area contributed by atoms with E-state index in [1.54, 1.807) is 10.9 Å². The van der Waals surface area contributed by atoms with Crippen LogP contribution in [0.4, 0.5) is 5.69 Å². The molecule has 0 spiro atoms. The molecule has 1 N–H and O–H groups in total. The van der Waals surface area contributed by atoms with Gasteiger partial charge in [-0.25, -0.2) is 0 Å². The Balaban J connectivity index is 1.86. The van der Waals surface area contributed by atoms with Gasteiger partial charge in [-0.2, -0.15) is 5.10 Å². The van der Waals surface area contributed by atoms with Crippen LogP contribution in [0.25, 0.3) is 10.9 Å². The van der Waals surface area contributed by atoms with Crippen molar-refractivity contribution in [3.8, 4) is 0 Å². The number of nitrogens with zero attached hydrogens (tertiary/aromatic N) is 3. The number of carbonyl (C=O) groups is 1. The van der Waals surface area contributed by atoms with Gasteiger partial charge in [-0.3, -0.25) is 14.5 Å². The maximum Gasteiger partial charge on any atom is 0.246 e. The van der Waals surface area contributed by atoms with Crippen LogP contribution in [0, 0.1) is 6.92 Å². The van der Waals surface area contributed by atoms with Gasteiger partial charge in [-0.15, -0.1) is 0 Å². The molecule has 0 radical (unpaired) electrons. The summed E-state index contributed by atoms with van der Waals surface area (Å²) in [6.07, 6.45) is 3.22. The lowest BCUT2D eigenvalue weighted by molar-refractivity contribution is -0.116. The third-order valence-electron chi connectivity index (χ3n) is 3.33. The number of amides is 1. The zero-order valence-corrected chi connectivity index (χ0v) is 14.0. The molecule has 5 nitrogen and oxygen atoms in total. The fourth-order valence-electron chi connectivity index (χ4n) is 2.15. The van der Waals surface area contributed by atoms with E-state index in [4.69, 9.17) is 11.6 Å². The number of hydrogen-bond acceptors (Lipinski definition) is 3. The summed E-state index contributed by atoms with van der Waals surface area (Å²) >= 11 is 9.42. The third-order valence-corrected chi connectivity index (χ3v) is 4.39. The predicted octanol–water partition coefficient (Wildman–Crippen LogP) is 3.79. The number of fused-ring (bicyclic) bond motifs is 1. The van der Waals surface area contributed by atoms with Crippen molar-refractivity contribution in [2.75, 3.05) is 5.32 Å². The standard InChI is InChI=1S/C15H12BrClN4O/c1-9-12(17)7-19-21(9)8-14(22)20-13-5-4-11(16)10-3-2-6-18-15(10)13/h2-7H,8H2,1H3,(H,20,22). The number of nitrogens with one attached hydrogen (secondary N) is 1. The largest absolute Gasteiger partial charge is 0.323 e. The van der Waals surface area contributed by atoms with Crippen LogP contribution in [0.1, 0.15) is 5.69 Å². The van der Waals surface area contributed by atoms with E-state index in [0.717, 1.165) is 21.1 Å². The molecule has 0 atom stereocenters. The molecule has 3 aromatic rings. The lowest BCUT2D eigenvalue weighted by atomic mass is 10.2. The Labute approximate surface area is 140 Å². The number of anilines is 1. The maximum absolute atomic E-state index is 12.2. The average Bonchev–Trinajstić information content (AvgIpc) is 2.82. The zero-order chi connectivity index (χ0) is 15.7. The first-order valence-electron chi connectivity index (χ1n) is 6.57. The van der Waals surface area contributed by atoms with Crippen molar-refractivity contribution >= 4 is 50.0 Å². The summed E-state index contributed by atoms with van der Waals surface area (Å²) < 4.78 is 2.50. The summed E-state index contributed by atoms with van der Waals surface area (Å²) in [7, 11) is 0. The summed E-state index contributed by atoms with van der Waals surface area (Å²) in [5.41, 5.74) is 2.16. The summed E-state index contributed by atoms with van der Waals surface area (Å²) in [5.74, 6) is -0.183. The molecule has 0 saturated heterocycles. The Hall–Kier alpha value is -1.92. The van der Waals surface area contributed by atoms with Gasteiger partial charge < -0.3 is 5.32 Å². The molecule has 2 heterocycles. The maximum atomic E-state index is 12.2. The quantitative estimate of drug-likeness (QED) is 0.753. The highest BCUT2D eigenvalue weighted by atomic mass is 79.9. The predicted molar refractivity (Wildman–Crippen MR) is 90.0 cm³/mol. The van der Waals surface area contributed by atoms with E-state index in [-0.39, 0.29) is 12.5 Å². The number of hydrogen-bond donors (Lipinski definition) is 1. The number of pyridine rings is 1. The molecule has 22 heavy (non-hydrogen) atoms. The van der Waals surface area contributed by atoms with Crippen LogP contribution in [0.3, 0.4) is 0 Å². The minimum absolute atomic E-state index is 0.100. The van der Waals surface area contributed by atoms with Gasteiger partial charge in [0.2, 0.25) is 5.91 Å². The van der Waals surface area contributed by atoms with E-state index in [0.29, 0.717) is 10.7 Å². The summed E-state index contributed by atoms with van der Waals surface area (Å²) in [5, 5.41) is 8.43. The average molecular weight is 380 g/mol. The fourth-order valence-corrected chi connectivity index (χ4v) is 2.74. The van der Waals surface area contributed by atoms with Gasteiger partial charge in [-0.05, 0) is 25.1 Å². The third kappa shape index (κ3) is 2.84. The van der Waals surface area contributed by atoms with Gasteiger partial charge in [0.1, 0.15) is 6.54 Å². The molecule has 0 fully saturated rings. The van der Waals surface area contributed by atoms with E-state index >= 15 is 0 Å². The van der Waals surface area contributed by atoms with Crippen molar-refractivity contribution in [2.24, 2.45) is 0 Å². The first kappa shape index (κ1) is 15.0. The number of aromatic nitrogens is 3. The fraction of sp³-hybridized carbons (Fsp3) is 0.133. The van der Waals surface area contributed by atoms with Crippen LogP contribution in [0.2, 0.25) is 5.02 Å². The molecule has 2 aromatic heterocycles. The summed E-state index contributed by atoms with van der Waals surface area (Å²) in [6, 6.07) is 7.50. The lowest BCUT2D eigenvalue weighted by Gasteiger charge is -2.10. The molecule has 0 aliphatic rings. The molecule has 7 heteroatoms. The SMILES string of the molecule is Cc1c(Cl)cnn1CC(=O)Nc1ccc(Br)c2cccnc12. The normalized spacial score (nSPS) is 10.9. The Bertz CT molecular complexity index is 862. The Kier molecular flexibility index (Phi) is 4.13. The van der Waals surface area contributed by atoms with E-state index in [2.05, 4.69) is 31.3 Å². The van der Waals surface area contributed by atoms with Gasteiger partial charge >= 0.3 is 0 Å². The second-order valence-electron chi connectivity index (χ2n) is 4.78. The summed E-state index contributed by atoms with van der Waals surface area (Å²) in [4.78, 5) is 16.6. The topological polar surface area (TPSA) is 59.8 Å². The Morgan fingerprint density at radius 3 is 2.95 bits per heavy atom. The molecule has 1 aromatic carbocycles. The number of rotatable bonds is 3. The van der Waals surface area contributed by atoms with Gasteiger partial charge in [0.25, 0.3) is 0 Å². The van der Waals surface area contributed by atoms with Crippen molar-refractivity contribution in [1.82, 2.24) is 14.8 Å². The molecule has 0 aliphatic heterocycles. The van der Waals surface area contributed by atoms with Crippen LogP contribution in [-0.2, 0) is 11.3 Å². The molecule has 0 unspecified atom stereocenters. The van der Waals surface area contributed by atoms with Crippen molar-refractivity contribution < 1.29 is 4.79 Å². The molecule has 3 rings (SSSR count). The molecule has 112 valence electrons. The number of carbonyl (C=O) groups excluding carboxylic acids is 1. The number of benzene rings is 1. The van der Waals surface area contributed by atoms with Crippen molar-refractivity contribution in [2.45, 2.75) is 13.5 Å². The van der Waals surface area contributed by atoms with Crippen molar-refractivity contribution in [3.63, 3.8) is 0 Å². The smallest absolute Gasteiger partial charge is 0.246 e. The van der Waals surface area contributed by atoms with Gasteiger partial charge in [-0.1, -0.05) is 33.6 Å². The van der Waals surface area contributed by atoms with E-state index in [1.807, 2.05) is 31.2 Å². The van der Waals surface area contributed by atoms with Crippen molar-refractivity contribution in [3.05, 3.63) is 51.8 Å². The molecule has 0 aliphatic carbocycles. The molecule has 0 saturated carbocycles. The van der Waals surface area contributed by atoms with Crippen LogP contribution >= 0.6 is 27.5 Å². The molecule has 0 bridgehead atoms. The monoisotopic (exact) mass is 378 g/mol. The van der Waals surface area contributed by atoms with Crippen LogP contribution in [0.5, 0.6) is 0 Å². The zero-order valence-electron chi connectivity index (χ0n) is 11.7. The first-order chi connectivity index (χ1) is 10.6. The Morgan fingerprint density at radius 1 is 1.41 bits per heavy atom. The summed E-state index contributed by atoms with van der Waals surface area (Å²) in [6.45, 7) is 1.92. The van der Waals surface area contributed by atoms with E-state index in [9.17, 15) is 4.79 Å². The highest BCUT2D eigenvalue weighted by molar-refractivity contribution is 9.10. The highest BCUT2D eigenvalue weighted by Crippen LogP contribution is 2.28.